The summed E-state index contributed by atoms with van der Waals surface area (Å²) in [6.07, 6.45) is 6.92. The number of benzene rings is 2. The molecule has 1 aliphatic heterocycles. The van der Waals surface area contributed by atoms with Crippen molar-refractivity contribution in [2.45, 2.75) is 6.04 Å². The Hall–Kier alpha value is -4.15. The molecule has 4 heterocycles. The average molecular weight is 487 g/mol. The minimum absolute atomic E-state index is 0.299. The second kappa shape index (κ2) is 8.65. The van der Waals surface area contributed by atoms with Crippen molar-refractivity contribution in [2.24, 2.45) is 4.99 Å². The van der Waals surface area contributed by atoms with Crippen LogP contribution in [0, 0.1) is 0 Å². The van der Waals surface area contributed by atoms with E-state index in [-0.39, 0.29) is 0 Å². The van der Waals surface area contributed by atoms with Gasteiger partial charge in [0.15, 0.2) is 5.58 Å². The molecule has 1 aliphatic rings. The van der Waals surface area contributed by atoms with Crippen molar-refractivity contribution >= 4 is 56.8 Å². The fraction of sp³-hybridized carbons (Fsp3) is 0.0435. The molecule has 1 atom stereocenters. The fourth-order valence-electron chi connectivity index (χ4n) is 3.64. The van der Waals surface area contributed by atoms with Crippen LogP contribution in [0.2, 0.25) is 5.02 Å². The molecule has 9 nitrogen and oxygen atoms in total. The molecule has 0 aliphatic carbocycles. The van der Waals surface area contributed by atoms with Crippen LogP contribution in [0.4, 0.5) is 11.1 Å². The summed E-state index contributed by atoms with van der Waals surface area (Å²) in [7, 11) is 0. The number of para-hydroxylation sites is 2. The first-order valence-corrected chi connectivity index (χ1v) is 11.5. The number of aliphatic imine (C=N–C) groups is 1. The first-order chi connectivity index (χ1) is 16.8. The highest BCUT2D eigenvalue weighted by atomic mass is 35.5. The number of oxazole rings is 1. The summed E-state index contributed by atoms with van der Waals surface area (Å²) in [6.45, 7) is 0. The highest BCUT2D eigenvalue weighted by Gasteiger charge is 2.31. The van der Waals surface area contributed by atoms with Gasteiger partial charge in [0, 0.05) is 17.4 Å². The van der Waals surface area contributed by atoms with Crippen molar-refractivity contribution in [3.05, 3.63) is 95.0 Å². The second-order valence-corrected chi connectivity index (χ2v) is 8.45. The summed E-state index contributed by atoms with van der Waals surface area (Å²) in [5, 5.41) is 12.7. The first kappa shape index (κ1) is 20.5. The topological polar surface area (TPSA) is 105 Å². The number of hydrogen-bond donors (Lipinski definition) is 1. The smallest absolute Gasteiger partial charge is 0.302 e. The molecular weight excluding hydrogens is 472 g/mol. The average Bonchev–Trinajstić information content (AvgIpc) is 3.54. The summed E-state index contributed by atoms with van der Waals surface area (Å²) in [6, 6.07) is 15.0. The van der Waals surface area contributed by atoms with Crippen LogP contribution in [0.25, 0.3) is 16.8 Å². The molecule has 1 N–H and O–H groups in total. The Kier molecular flexibility index (Phi) is 5.21. The minimum Gasteiger partial charge on any atom is -0.423 e. The van der Waals surface area contributed by atoms with Crippen molar-refractivity contribution in [1.82, 2.24) is 25.1 Å². The number of anilines is 2. The van der Waals surface area contributed by atoms with Crippen LogP contribution in [0.3, 0.4) is 0 Å². The third-order valence-electron chi connectivity index (χ3n) is 5.13. The van der Waals surface area contributed by atoms with Gasteiger partial charge in [-0.15, -0.1) is 10.2 Å². The van der Waals surface area contributed by atoms with E-state index in [9.17, 15) is 0 Å². The van der Waals surface area contributed by atoms with E-state index in [1.165, 1.54) is 11.3 Å². The Balaban J connectivity index is 1.51. The zero-order valence-electron chi connectivity index (χ0n) is 17.4. The van der Waals surface area contributed by atoms with Gasteiger partial charge < -0.3 is 4.42 Å². The van der Waals surface area contributed by atoms with E-state index >= 15 is 0 Å². The predicted octanol–water partition coefficient (Wildman–Crippen LogP) is 5.19. The van der Waals surface area contributed by atoms with Gasteiger partial charge >= 0.3 is 6.01 Å². The standard InChI is InChI=1S/C23H15ClN8OS/c24-15-6-2-1-5-14(15)17-11-19(18-12-25-9-10-26-18)32(23-31-27-13-34-23)21(28-17)30-22-29-16-7-3-4-8-20(16)33-22/h1-13,17H,(H,28,29,30). The lowest BCUT2D eigenvalue weighted by atomic mass is 10.0. The number of guanidine groups is 1. The van der Waals surface area contributed by atoms with Crippen molar-refractivity contribution in [2.75, 3.05) is 10.2 Å². The van der Waals surface area contributed by atoms with E-state index in [0.717, 1.165) is 16.8 Å². The number of aromatic nitrogens is 5. The number of halogens is 1. The predicted molar refractivity (Wildman–Crippen MR) is 132 cm³/mol. The molecule has 0 saturated heterocycles. The Morgan fingerprint density at radius 2 is 1.94 bits per heavy atom. The van der Waals surface area contributed by atoms with Crippen LogP contribution in [0.15, 0.2) is 88.1 Å². The molecule has 6 rings (SSSR count). The van der Waals surface area contributed by atoms with E-state index in [1.54, 1.807) is 24.1 Å². The van der Waals surface area contributed by atoms with Gasteiger partial charge in [0.1, 0.15) is 22.8 Å². The van der Waals surface area contributed by atoms with Gasteiger partial charge in [-0.1, -0.05) is 53.3 Å². The third-order valence-corrected chi connectivity index (χ3v) is 6.15. The fourth-order valence-corrected chi connectivity index (χ4v) is 4.46. The Morgan fingerprint density at radius 1 is 1.06 bits per heavy atom. The van der Waals surface area contributed by atoms with Gasteiger partial charge in [0.2, 0.25) is 11.1 Å². The molecule has 166 valence electrons. The molecule has 0 saturated carbocycles. The zero-order chi connectivity index (χ0) is 22.9. The van der Waals surface area contributed by atoms with Crippen LogP contribution < -0.4 is 10.2 Å². The molecule has 3 aromatic heterocycles. The first-order valence-electron chi connectivity index (χ1n) is 10.3. The maximum absolute atomic E-state index is 6.54. The molecule has 0 bridgehead atoms. The van der Waals surface area contributed by atoms with Gasteiger partial charge in [-0.2, -0.15) is 4.98 Å². The molecule has 1 unspecified atom stereocenters. The Labute approximate surface area is 202 Å². The van der Waals surface area contributed by atoms with Gasteiger partial charge in [-0.05, 0) is 29.8 Å². The minimum atomic E-state index is -0.401. The molecule has 2 aromatic carbocycles. The normalized spacial score (nSPS) is 15.8. The molecule has 34 heavy (non-hydrogen) atoms. The highest BCUT2D eigenvalue weighted by Crippen LogP contribution is 2.37. The number of hydrogen-bond acceptors (Lipinski definition) is 10. The lowest BCUT2D eigenvalue weighted by molar-refractivity contribution is 0.623. The van der Waals surface area contributed by atoms with Crippen molar-refractivity contribution in [3.63, 3.8) is 0 Å². The van der Waals surface area contributed by atoms with Crippen LogP contribution in [-0.2, 0) is 0 Å². The lowest BCUT2D eigenvalue weighted by Crippen LogP contribution is -2.38. The van der Waals surface area contributed by atoms with E-state index in [1.807, 2.05) is 59.5 Å². The third kappa shape index (κ3) is 3.78. The molecule has 0 fully saturated rings. The maximum Gasteiger partial charge on any atom is 0.302 e. The number of rotatable bonds is 4. The van der Waals surface area contributed by atoms with Crippen LogP contribution in [-0.4, -0.2) is 31.1 Å². The van der Waals surface area contributed by atoms with E-state index < -0.39 is 6.04 Å². The molecular formula is C23H15ClN8OS. The second-order valence-electron chi connectivity index (χ2n) is 7.23. The number of nitrogens with zero attached hydrogens (tertiary/aromatic N) is 7. The highest BCUT2D eigenvalue weighted by molar-refractivity contribution is 7.13. The molecule has 0 spiro atoms. The summed E-state index contributed by atoms with van der Waals surface area (Å²) in [4.78, 5) is 20.1. The largest absolute Gasteiger partial charge is 0.423 e. The van der Waals surface area contributed by atoms with Gasteiger partial charge in [-0.3, -0.25) is 20.2 Å². The lowest BCUT2D eigenvalue weighted by Gasteiger charge is -2.30. The monoisotopic (exact) mass is 486 g/mol. The SMILES string of the molecule is Clc1ccccc1C1C=C(c2cnccn2)N(c2nncs2)C(Nc2nc3ccccc3o2)=N1. The molecule has 0 amide bonds. The zero-order valence-corrected chi connectivity index (χ0v) is 19.0. The summed E-state index contributed by atoms with van der Waals surface area (Å²) in [5.41, 5.74) is 5.26. The van der Waals surface area contributed by atoms with E-state index in [0.29, 0.717) is 33.4 Å². The van der Waals surface area contributed by atoms with Crippen LogP contribution >= 0.6 is 22.9 Å². The maximum atomic E-state index is 6.54. The quantitative estimate of drug-likeness (QED) is 0.370. The van der Waals surface area contributed by atoms with E-state index in [4.69, 9.17) is 21.0 Å². The Bertz CT molecular complexity index is 1480. The van der Waals surface area contributed by atoms with Gasteiger partial charge in [0.05, 0.1) is 11.9 Å². The molecule has 0 radical (unpaired) electrons. The summed E-state index contributed by atoms with van der Waals surface area (Å²) < 4.78 is 5.91. The number of nitrogens with one attached hydrogen (secondary N) is 1. The number of fused-ring (bicyclic) bond motifs is 1. The van der Waals surface area contributed by atoms with Crippen LogP contribution in [0.1, 0.15) is 17.3 Å². The van der Waals surface area contributed by atoms with Crippen molar-refractivity contribution < 1.29 is 4.42 Å². The Morgan fingerprint density at radius 3 is 2.74 bits per heavy atom. The summed E-state index contributed by atoms with van der Waals surface area (Å²) in [5.74, 6) is 0.441. The van der Waals surface area contributed by atoms with Crippen LogP contribution in [0.5, 0.6) is 0 Å². The molecule has 5 aromatic rings. The molecule has 11 heteroatoms. The van der Waals surface area contributed by atoms with Gasteiger partial charge in [0.25, 0.3) is 0 Å². The van der Waals surface area contributed by atoms with E-state index in [2.05, 4.69) is 30.5 Å². The van der Waals surface area contributed by atoms with Gasteiger partial charge in [-0.25, -0.2) is 4.99 Å². The van der Waals surface area contributed by atoms with Crippen molar-refractivity contribution in [3.8, 4) is 0 Å². The summed E-state index contributed by atoms with van der Waals surface area (Å²) >= 11 is 7.90. The van der Waals surface area contributed by atoms with Crippen molar-refractivity contribution in [1.29, 1.82) is 0 Å².